The van der Waals surface area contributed by atoms with Gasteiger partial charge in [-0.3, -0.25) is 14.4 Å². The van der Waals surface area contributed by atoms with Crippen LogP contribution >= 0.6 is 23.2 Å². The predicted molar refractivity (Wildman–Crippen MR) is 108 cm³/mol. The van der Waals surface area contributed by atoms with Crippen molar-refractivity contribution in [2.24, 2.45) is 0 Å². The summed E-state index contributed by atoms with van der Waals surface area (Å²) in [7, 11) is 0. The molecule has 2 N–H and O–H groups in total. The third-order valence-corrected chi connectivity index (χ3v) is 4.36. The number of nitrogens with one attached hydrogen (secondary N) is 2. The fraction of sp³-hybridized carbons (Fsp3) is 0.316. The lowest BCUT2D eigenvalue weighted by Gasteiger charge is -2.25. The van der Waals surface area contributed by atoms with Crippen molar-refractivity contribution < 1.29 is 18.8 Å². The number of benzene rings is 1. The van der Waals surface area contributed by atoms with Gasteiger partial charge in [-0.05, 0) is 43.7 Å². The molecule has 0 bridgehead atoms. The summed E-state index contributed by atoms with van der Waals surface area (Å²) in [5, 5.41) is 5.98. The second-order valence-corrected chi connectivity index (χ2v) is 6.95. The molecule has 1 unspecified atom stereocenters. The highest BCUT2D eigenvalue weighted by molar-refractivity contribution is 6.36. The second-order valence-electron chi connectivity index (χ2n) is 6.10. The number of carbonyl (C=O) groups excluding carboxylic acids is 3. The molecule has 0 aliphatic heterocycles. The molecule has 1 aromatic carbocycles. The van der Waals surface area contributed by atoms with Gasteiger partial charge >= 0.3 is 0 Å². The molecule has 28 heavy (non-hydrogen) atoms. The molecular weight excluding hydrogens is 405 g/mol. The summed E-state index contributed by atoms with van der Waals surface area (Å²) >= 11 is 11.9. The topological polar surface area (TPSA) is 91.7 Å². The van der Waals surface area contributed by atoms with Crippen LogP contribution in [-0.4, -0.2) is 41.8 Å². The molecule has 150 valence electrons. The van der Waals surface area contributed by atoms with Crippen molar-refractivity contribution in [3.05, 3.63) is 52.4 Å². The fourth-order valence-electron chi connectivity index (χ4n) is 2.50. The maximum Gasteiger partial charge on any atom is 0.287 e. The minimum absolute atomic E-state index is 0.108. The highest BCUT2D eigenvalue weighted by Crippen LogP contribution is 2.25. The van der Waals surface area contributed by atoms with Crippen LogP contribution in [0.1, 0.15) is 30.8 Å². The fourth-order valence-corrected chi connectivity index (χ4v) is 2.96. The summed E-state index contributed by atoms with van der Waals surface area (Å²) in [6, 6.07) is 6.96. The van der Waals surface area contributed by atoms with Crippen LogP contribution in [0, 0.1) is 0 Å². The summed E-state index contributed by atoms with van der Waals surface area (Å²) in [4.78, 5) is 38.5. The van der Waals surface area contributed by atoms with Crippen molar-refractivity contribution >= 4 is 46.6 Å². The van der Waals surface area contributed by atoms with Crippen LogP contribution in [0.2, 0.25) is 10.0 Å². The molecule has 0 aliphatic carbocycles. The Balaban J connectivity index is 1.99. The van der Waals surface area contributed by atoms with Crippen LogP contribution in [0.4, 0.5) is 5.69 Å². The zero-order chi connectivity index (χ0) is 20.7. The first-order chi connectivity index (χ1) is 13.3. The molecule has 3 amide bonds. The van der Waals surface area contributed by atoms with Crippen LogP contribution in [0.5, 0.6) is 0 Å². The van der Waals surface area contributed by atoms with E-state index in [0.717, 1.165) is 0 Å². The number of carbonyl (C=O) groups is 3. The van der Waals surface area contributed by atoms with E-state index in [9.17, 15) is 14.4 Å². The third-order valence-electron chi connectivity index (χ3n) is 3.81. The molecule has 1 atom stereocenters. The van der Waals surface area contributed by atoms with Crippen molar-refractivity contribution in [1.29, 1.82) is 0 Å². The van der Waals surface area contributed by atoms with Gasteiger partial charge in [0.1, 0.15) is 6.04 Å². The van der Waals surface area contributed by atoms with Gasteiger partial charge in [0, 0.05) is 11.6 Å². The number of nitrogens with zero attached hydrogens (tertiary/aromatic N) is 1. The van der Waals surface area contributed by atoms with Gasteiger partial charge in [0.15, 0.2) is 5.76 Å². The van der Waals surface area contributed by atoms with Gasteiger partial charge in [-0.25, -0.2) is 0 Å². The van der Waals surface area contributed by atoms with Crippen molar-refractivity contribution in [2.75, 3.05) is 18.4 Å². The van der Waals surface area contributed by atoms with Gasteiger partial charge in [-0.1, -0.05) is 30.1 Å². The largest absolute Gasteiger partial charge is 0.459 e. The minimum Gasteiger partial charge on any atom is -0.459 e. The number of halogens is 2. The number of furan rings is 1. The zero-order valence-electron chi connectivity index (χ0n) is 15.5. The molecule has 0 spiro atoms. The summed E-state index contributed by atoms with van der Waals surface area (Å²) < 4.78 is 5.01. The van der Waals surface area contributed by atoms with Gasteiger partial charge in [0.25, 0.3) is 5.91 Å². The van der Waals surface area contributed by atoms with E-state index >= 15 is 0 Å². The first kappa shape index (κ1) is 21.8. The van der Waals surface area contributed by atoms with E-state index in [4.69, 9.17) is 27.6 Å². The molecule has 2 aromatic rings. The van der Waals surface area contributed by atoms with Crippen LogP contribution < -0.4 is 10.6 Å². The summed E-state index contributed by atoms with van der Waals surface area (Å²) in [6.07, 6.45) is 2.02. The summed E-state index contributed by atoms with van der Waals surface area (Å²) in [6.45, 7) is 3.63. The van der Waals surface area contributed by atoms with E-state index in [-0.39, 0.29) is 18.2 Å². The number of hydrogen-bond acceptors (Lipinski definition) is 4. The molecule has 0 fully saturated rings. The van der Waals surface area contributed by atoms with E-state index in [1.807, 2.05) is 6.92 Å². The Hall–Kier alpha value is -2.51. The van der Waals surface area contributed by atoms with Gasteiger partial charge < -0.3 is 20.0 Å². The average Bonchev–Trinajstić information content (AvgIpc) is 3.18. The molecule has 0 aliphatic rings. The van der Waals surface area contributed by atoms with E-state index in [1.165, 1.54) is 23.3 Å². The van der Waals surface area contributed by atoms with Crippen molar-refractivity contribution in [3.63, 3.8) is 0 Å². The Morgan fingerprint density at radius 3 is 2.57 bits per heavy atom. The van der Waals surface area contributed by atoms with E-state index in [0.29, 0.717) is 28.7 Å². The number of amides is 3. The average molecular weight is 426 g/mol. The smallest absolute Gasteiger partial charge is 0.287 e. The minimum atomic E-state index is -0.823. The van der Waals surface area contributed by atoms with Gasteiger partial charge in [0.05, 0.1) is 23.5 Å². The second kappa shape index (κ2) is 10.1. The van der Waals surface area contributed by atoms with Crippen LogP contribution in [0.25, 0.3) is 0 Å². The molecule has 7 nitrogen and oxygen atoms in total. The normalized spacial score (nSPS) is 11.6. The Kier molecular flexibility index (Phi) is 7.90. The Morgan fingerprint density at radius 2 is 1.96 bits per heavy atom. The Bertz CT molecular complexity index is 840. The van der Waals surface area contributed by atoms with Crippen molar-refractivity contribution in [2.45, 2.75) is 26.3 Å². The van der Waals surface area contributed by atoms with Gasteiger partial charge in [-0.2, -0.15) is 0 Å². The van der Waals surface area contributed by atoms with Crippen molar-refractivity contribution in [3.8, 4) is 0 Å². The van der Waals surface area contributed by atoms with Crippen LogP contribution in [0.3, 0.4) is 0 Å². The summed E-state index contributed by atoms with van der Waals surface area (Å²) in [5.41, 5.74) is 0.402. The molecule has 0 saturated carbocycles. The maximum atomic E-state index is 12.7. The lowest BCUT2D eigenvalue weighted by atomic mass is 10.2. The molecular formula is C19H21Cl2N3O4. The standard InChI is InChI=1S/C19H21Cl2N3O4/c1-3-8-24(11-17(25)23-15-7-6-13(20)10-14(15)21)19(27)12(2)22-18(26)16-5-4-9-28-16/h4-7,9-10,12H,3,8,11H2,1-2H3,(H,22,26)(H,23,25). The third kappa shape index (κ3) is 6.00. The molecule has 0 radical (unpaired) electrons. The monoisotopic (exact) mass is 425 g/mol. The highest BCUT2D eigenvalue weighted by atomic mass is 35.5. The first-order valence-electron chi connectivity index (χ1n) is 8.69. The molecule has 2 rings (SSSR count). The number of rotatable bonds is 8. The molecule has 1 aromatic heterocycles. The Morgan fingerprint density at radius 1 is 1.21 bits per heavy atom. The highest BCUT2D eigenvalue weighted by Gasteiger charge is 2.24. The first-order valence-corrected chi connectivity index (χ1v) is 9.45. The number of anilines is 1. The molecule has 0 saturated heterocycles. The predicted octanol–water partition coefficient (Wildman–Crippen LogP) is 3.58. The summed E-state index contributed by atoms with van der Waals surface area (Å²) in [5.74, 6) is -1.17. The van der Waals surface area contributed by atoms with Gasteiger partial charge in [-0.15, -0.1) is 0 Å². The van der Waals surface area contributed by atoms with E-state index in [2.05, 4.69) is 10.6 Å². The van der Waals surface area contributed by atoms with Crippen LogP contribution in [0.15, 0.2) is 41.0 Å². The number of hydrogen-bond donors (Lipinski definition) is 2. The van der Waals surface area contributed by atoms with E-state index in [1.54, 1.807) is 25.1 Å². The zero-order valence-corrected chi connectivity index (χ0v) is 17.0. The quantitative estimate of drug-likeness (QED) is 0.675. The SMILES string of the molecule is CCCN(CC(=O)Nc1ccc(Cl)cc1Cl)C(=O)C(C)NC(=O)c1ccco1. The molecule has 9 heteroatoms. The lowest BCUT2D eigenvalue weighted by molar-refractivity contribution is -0.136. The maximum absolute atomic E-state index is 12.7. The van der Waals surface area contributed by atoms with E-state index < -0.39 is 17.9 Å². The lowest BCUT2D eigenvalue weighted by Crippen LogP contribution is -2.49. The Labute approximate surface area is 173 Å². The van der Waals surface area contributed by atoms with Crippen LogP contribution in [-0.2, 0) is 9.59 Å². The molecule has 1 heterocycles. The van der Waals surface area contributed by atoms with Gasteiger partial charge in [0.2, 0.25) is 11.8 Å². The van der Waals surface area contributed by atoms with Crippen molar-refractivity contribution in [1.82, 2.24) is 10.2 Å².